The highest BCUT2D eigenvalue weighted by atomic mass is 79.9. The number of alkyl halides is 3. The molecular formula is C23H23BrF3NO. The third-order valence-corrected chi connectivity index (χ3v) is 4.58. The summed E-state index contributed by atoms with van der Waals surface area (Å²) in [4.78, 5) is 12.2. The Hall–Kier alpha value is -2.34. The van der Waals surface area contributed by atoms with Crippen LogP contribution in [0.3, 0.4) is 0 Å². The van der Waals surface area contributed by atoms with Gasteiger partial charge in [0.05, 0.1) is 5.56 Å². The van der Waals surface area contributed by atoms with E-state index in [2.05, 4.69) is 21.2 Å². The zero-order valence-corrected chi connectivity index (χ0v) is 18.3. The van der Waals surface area contributed by atoms with Gasteiger partial charge in [-0.2, -0.15) is 13.2 Å². The lowest BCUT2D eigenvalue weighted by Gasteiger charge is -2.13. The number of nitrogens with one attached hydrogen (secondary N) is 1. The van der Waals surface area contributed by atoms with Crippen LogP contribution in [0.2, 0.25) is 0 Å². The monoisotopic (exact) mass is 465 g/mol. The molecule has 0 saturated carbocycles. The van der Waals surface area contributed by atoms with Gasteiger partial charge >= 0.3 is 6.18 Å². The fourth-order valence-corrected chi connectivity index (χ4v) is 3.37. The van der Waals surface area contributed by atoms with Crippen LogP contribution in [0.4, 0.5) is 13.2 Å². The Kier molecular flexibility index (Phi) is 7.47. The van der Waals surface area contributed by atoms with Gasteiger partial charge in [-0.05, 0) is 72.1 Å². The Morgan fingerprint density at radius 1 is 0.966 bits per heavy atom. The van der Waals surface area contributed by atoms with E-state index in [0.29, 0.717) is 11.1 Å². The van der Waals surface area contributed by atoms with Crippen LogP contribution in [0.5, 0.6) is 0 Å². The van der Waals surface area contributed by atoms with Gasteiger partial charge in [0.15, 0.2) is 0 Å². The number of amides is 1. The van der Waals surface area contributed by atoms with Crippen molar-refractivity contribution in [1.82, 2.24) is 5.32 Å². The Morgan fingerprint density at radius 3 is 2.14 bits per heavy atom. The van der Waals surface area contributed by atoms with Gasteiger partial charge in [0.1, 0.15) is 0 Å². The van der Waals surface area contributed by atoms with Crippen LogP contribution >= 0.6 is 15.9 Å². The zero-order chi connectivity index (χ0) is 21.8. The molecular weight excluding hydrogens is 443 g/mol. The minimum absolute atomic E-state index is 0.0263. The number of benzene rings is 3. The van der Waals surface area contributed by atoms with Gasteiger partial charge < -0.3 is 5.32 Å². The minimum Gasteiger partial charge on any atom is -0.350 e. The van der Waals surface area contributed by atoms with E-state index in [1.807, 2.05) is 45.9 Å². The highest BCUT2D eigenvalue weighted by Gasteiger charge is 2.30. The molecule has 3 aromatic carbocycles. The molecule has 0 saturated heterocycles. The molecule has 0 heterocycles. The van der Waals surface area contributed by atoms with E-state index in [1.54, 1.807) is 12.1 Å². The number of carbonyl (C=O) groups excluding carboxylic acids is 1. The molecule has 0 aliphatic rings. The van der Waals surface area contributed by atoms with Gasteiger partial charge in [-0.15, -0.1) is 0 Å². The minimum atomic E-state index is -4.36. The SMILES string of the molecule is CC.CC(C)NC(=O)c1ccc2c(-c3ccc(C(F)(F)F)cc3)cc(Br)cc2c1. The van der Waals surface area contributed by atoms with Crippen molar-refractivity contribution in [2.45, 2.75) is 39.9 Å². The summed E-state index contributed by atoms with van der Waals surface area (Å²) in [6.07, 6.45) is -4.36. The third kappa shape index (κ3) is 5.60. The fraction of sp³-hybridized carbons (Fsp3) is 0.261. The number of carbonyl (C=O) groups is 1. The summed E-state index contributed by atoms with van der Waals surface area (Å²) in [7, 11) is 0. The molecule has 0 aromatic heterocycles. The maximum atomic E-state index is 12.8. The van der Waals surface area contributed by atoms with Crippen LogP contribution in [0.25, 0.3) is 21.9 Å². The van der Waals surface area contributed by atoms with Crippen molar-refractivity contribution in [3.05, 3.63) is 70.2 Å². The Balaban J connectivity index is 0.00000145. The molecule has 154 valence electrons. The van der Waals surface area contributed by atoms with Crippen molar-refractivity contribution in [2.24, 2.45) is 0 Å². The van der Waals surface area contributed by atoms with Gasteiger partial charge in [-0.3, -0.25) is 4.79 Å². The highest BCUT2D eigenvalue weighted by Crippen LogP contribution is 2.35. The first-order valence-corrected chi connectivity index (χ1v) is 10.2. The first-order chi connectivity index (χ1) is 13.6. The van der Waals surface area contributed by atoms with Crippen molar-refractivity contribution >= 4 is 32.6 Å². The summed E-state index contributed by atoms with van der Waals surface area (Å²) in [5.74, 6) is -0.164. The number of rotatable bonds is 3. The summed E-state index contributed by atoms with van der Waals surface area (Å²) in [6, 6.07) is 14.2. The quantitative estimate of drug-likeness (QED) is 0.427. The van der Waals surface area contributed by atoms with Crippen LogP contribution in [-0.2, 0) is 6.18 Å². The van der Waals surface area contributed by atoms with Crippen LogP contribution < -0.4 is 5.32 Å². The Bertz CT molecular complexity index is 995. The molecule has 1 amide bonds. The average Bonchev–Trinajstić information content (AvgIpc) is 2.67. The molecule has 0 aliphatic carbocycles. The Morgan fingerprint density at radius 2 is 1.59 bits per heavy atom. The molecule has 3 rings (SSSR count). The van der Waals surface area contributed by atoms with E-state index in [1.165, 1.54) is 12.1 Å². The summed E-state index contributed by atoms with van der Waals surface area (Å²) in [6.45, 7) is 7.77. The predicted molar refractivity (Wildman–Crippen MR) is 116 cm³/mol. The van der Waals surface area contributed by atoms with Crippen molar-refractivity contribution in [3.63, 3.8) is 0 Å². The van der Waals surface area contributed by atoms with E-state index >= 15 is 0 Å². The van der Waals surface area contributed by atoms with E-state index in [9.17, 15) is 18.0 Å². The standard InChI is InChI=1S/C21H17BrF3NO.C2H6/c1-12(2)26-20(27)14-5-8-18-15(9-14)10-17(22)11-19(18)13-3-6-16(7-4-13)21(23,24)25;1-2/h3-12H,1-2H3,(H,26,27);1-2H3. The van der Waals surface area contributed by atoms with Crippen molar-refractivity contribution in [2.75, 3.05) is 0 Å². The first-order valence-electron chi connectivity index (χ1n) is 9.37. The summed E-state index contributed by atoms with van der Waals surface area (Å²) >= 11 is 3.45. The lowest BCUT2D eigenvalue weighted by Crippen LogP contribution is -2.29. The maximum Gasteiger partial charge on any atom is 0.416 e. The first kappa shape index (κ1) is 22.9. The van der Waals surface area contributed by atoms with Gasteiger partial charge in [0, 0.05) is 16.1 Å². The smallest absolute Gasteiger partial charge is 0.350 e. The third-order valence-electron chi connectivity index (χ3n) is 4.12. The molecule has 3 aromatic rings. The average molecular weight is 466 g/mol. The van der Waals surface area contributed by atoms with E-state index in [-0.39, 0.29) is 11.9 Å². The molecule has 0 fully saturated rings. The molecule has 0 atom stereocenters. The molecule has 0 bridgehead atoms. The van der Waals surface area contributed by atoms with E-state index in [4.69, 9.17) is 0 Å². The number of hydrogen-bond donors (Lipinski definition) is 1. The molecule has 1 N–H and O–H groups in total. The lowest BCUT2D eigenvalue weighted by atomic mass is 9.96. The molecule has 0 spiro atoms. The molecule has 29 heavy (non-hydrogen) atoms. The van der Waals surface area contributed by atoms with Crippen molar-refractivity contribution < 1.29 is 18.0 Å². The number of halogens is 4. The molecule has 0 radical (unpaired) electrons. The van der Waals surface area contributed by atoms with Gasteiger partial charge in [-0.25, -0.2) is 0 Å². The highest BCUT2D eigenvalue weighted by molar-refractivity contribution is 9.10. The molecule has 6 heteroatoms. The second kappa shape index (κ2) is 9.44. The lowest BCUT2D eigenvalue weighted by molar-refractivity contribution is -0.137. The number of fused-ring (bicyclic) bond motifs is 1. The molecule has 0 unspecified atom stereocenters. The van der Waals surface area contributed by atoms with Gasteiger partial charge in [-0.1, -0.05) is 48.0 Å². The van der Waals surface area contributed by atoms with E-state index in [0.717, 1.165) is 32.9 Å². The largest absolute Gasteiger partial charge is 0.416 e. The molecule has 0 aliphatic heterocycles. The summed E-state index contributed by atoms with van der Waals surface area (Å²) in [5, 5.41) is 4.54. The van der Waals surface area contributed by atoms with Crippen LogP contribution in [0.1, 0.15) is 43.6 Å². The van der Waals surface area contributed by atoms with Crippen LogP contribution in [0, 0.1) is 0 Å². The number of hydrogen-bond acceptors (Lipinski definition) is 1. The second-order valence-corrected chi connectivity index (χ2v) is 7.51. The fourth-order valence-electron chi connectivity index (χ4n) is 2.90. The van der Waals surface area contributed by atoms with Crippen molar-refractivity contribution in [1.29, 1.82) is 0 Å². The van der Waals surface area contributed by atoms with E-state index < -0.39 is 11.7 Å². The Labute approximate surface area is 177 Å². The van der Waals surface area contributed by atoms with Crippen LogP contribution in [-0.4, -0.2) is 11.9 Å². The van der Waals surface area contributed by atoms with Crippen LogP contribution in [0.15, 0.2) is 59.1 Å². The summed E-state index contributed by atoms with van der Waals surface area (Å²) < 4.78 is 39.2. The maximum absolute atomic E-state index is 12.8. The zero-order valence-electron chi connectivity index (χ0n) is 16.7. The van der Waals surface area contributed by atoms with Gasteiger partial charge in [0.25, 0.3) is 5.91 Å². The topological polar surface area (TPSA) is 29.1 Å². The normalized spacial score (nSPS) is 11.2. The second-order valence-electron chi connectivity index (χ2n) is 6.59. The van der Waals surface area contributed by atoms with Crippen molar-refractivity contribution in [3.8, 4) is 11.1 Å². The predicted octanol–water partition coefficient (Wildman–Crippen LogP) is 7.45. The van der Waals surface area contributed by atoms with Gasteiger partial charge in [0.2, 0.25) is 0 Å². The summed E-state index contributed by atoms with van der Waals surface area (Å²) in [5.41, 5.74) is 1.32. The molecule has 2 nitrogen and oxygen atoms in total.